The van der Waals surface area contributed by atoms with E-state index in [9.17, 15) is 0 Å². The van der Waals surface area contributed by atoms with Crippen LogP contribution in [0, 0.1) is 0 Å². The minimum atomic E-state index is 0.368. The molecule has 0 aliphatic carbocycles. The number of nitrogens with one attached hydrogen (secondary N) is 1. The first kappa shape index (κ1) is 14.0. The van der Waals surface area contributed by atoms with Gasteiger partial charge in [0.2, 0.25) is 0 Å². The molecule has 0 aliphatic rings. The van der Waals surface area contributed by atoms with Crippen molar-refractivity contribution in [3.05, 3.63) is 29.8 Å². The monoisotopic (exact) mass is 236 g/mol. The van der Waals surface area contributed by atoms with Gasteiger partial charge in [0.15, 0.2) is 0 Å². The Morgan fingerprint density at radius 2 is 2.12 bits per heavy atom. The quantitative estimate of drug-likeness (QED) is 0.735. The summed E-state index contributed by atoms with van der Waals surface area (Å²) < 4.78 is 5.23. The summed E-state index contributed by atoms with van der Waals surface area (Å²) in [6.45, 7) is 4.35. The fourth-order valence-electron chi connectivity index (χ4n) is 1.74. The van der Waals surface area contributed by atoms with Gasteiger partial charge in [-0.15, -0.1) is 0 Å². The molecule has 0 saturated carbocycles. The van der Waals surface area contributed by atoms with Gasteiger partial charge in [-0.25, -0.2) is 0 Å². The summed E-state index contributed by atoms with van der Waals surface area (Å²) in [4.78, 5) is 2.21. The van der Waals surface area contributed by atoms with E-state index >= 15 is 0 Å². The lowest BCUT2D eigenvalue weighted by molar-refractivity contribution is 0.388. The second kappa shape index (κ2) is 7.30. The van der Waals surface area contributed by atoms with Gasteiger partial charge in [0.1, 0.15) is 5.75 Å². The summed E-state index contributed by atoms with van der Waals surface area (Å²) in [5, 5.41) is 3.52. The van der Waals surface area contributed by atoms with E-state index in [1.807, 2.05) is 12.1 Å². The topological polar surface area (TPSA) is 24.5 Å². The van der Waals surface area contributed by atoms with Crippen LogP contribution in [-0.2, 0) is 0 Å². The molecule has 1 rings (SSSR count). The van der Waals surface area contributed by atoms with Crippen LogP contribution in [0.3, 0.4) is 0 Å². The molecule has 96 valence electrons. The lowest BCUT2D eigenvalue weighted by Crippen LogP contribution is -2.23. The van der Waals surface area contributed by atoms with Gasteiger partial charge in [0.05, 0.1) is 7.11 Å². The largest absolute Gasteiger partial charge is 0.497 e. The number of ether oxygens (including phenoxy) is 1. The van der Waals surface area contributed by atoms with E-state index in [0.717, 1.165) is 18.8 Å². The summed E-state index contributed by atoms with van der Waals surface area (Å²) in [5.74, 6) is 0.921. The van der Waals surface area contributed by atoms with Crippen LogP contribution >= 0.6 is 0 Å². The van der Waals surface area contributed by atoms with Crippen molar-refractivity contribution >= 4 is 0 Å². The maximum absolute atomic E-state index is 5.23. The maximum atomic E-state index is 5.23. The molecule has 0 unspecified atom stereocenters. The SMILES string of the molecule is COc1cccc([C@H](C)NCCCN(C)C)c1. The van der Waals surface area contributed by atoms with Gasteiger partial charge < -0.3 is 15.0 Å². The molecule has 0 saturated heterocycles. The second-order valence-corrected chi connectivity index (χ2v) is 4.61. The molecule has 0 amide bonds. The third-order valence-corrected chi connectivity index (χ3v) is 2.83. The van der Waals surface area contributed by atoms with Gasteiger partial charge >= 0.3 is 0 Å². The van der Waals surface area contributed by atoms with Crippen LogP contribution in [-0.4, -0.2) is 39.2 Å². The van der Waals surface area contributed by atoms with Crippen LogP contribution < -0.4 is 10.1 Å². The molecular weight excluding hydrogens is 212 g/mol. The summed E-state index contributed by atoms with van der Waals surface area (Å²) in [5.41, 5.74) is 1.27. The minimum absolute atomic E-state index is 0.368. The minimum Gasteiger partial charge on any atom is -0.497 e. The lowest BCUT2D eigenvalue weighted by atomic mass is 10.1. The molecular formula is C14H24N2O. The number of nitrogens with zero attached hydrogens (tertiary/aromatic N) is 1. The molecule has 1 N–H and O–H groups in total. The van der Waals surface area contributed by atoms with Crippen molar-refractivity contribution in [2.24, 2.45) is 0 Å². The highest BCUT2D eigenvalue weighted by Crippen LogP contribution is 2.18. The zero-order valence-corrected chi connectivity index (χ0v) is 11.4. The molecule has 1 aromatic carbocycles. The van der Waals surface area contributed by atoms with E-state index in [0.29, 0.717) is 6.04 Å². The van der Waals surface area contributed by atoms with Gasteiger partial charge in [-0.3, -0.25) is 0 Å². The Kier molecular flexibility index (Phi) is 6.01. The highest BCUT2D eigenvalue weighted by atomic mass is 16.5. The van der Waals surface area contributed by atoms with E-state index in [-0.39, 0.29) is 0 Å². The normalized spacial score (nSPS) is 12.8. The predicted octanol–water partition coefficient (Wildman–Crippen LogP) is 2.30. The van der Waals surface area contributed by atoms with Crippen molar-refractivity contribution in [1.82, 2.24) is 10.2 Å². The predicted molar refractivity (Wildman–Crippen MR) is 72.6 cm³/mol. The third kappa shape index (κ3) is 5.20. The second-order valence-electron chi connectivity index (χ2n) is 4.61. The fourth-order valence-corrected chi connectivity index (χ4v) is 1.74. The van der Waals surface area contributed by atoms with E-state index in [4.69, 9.17) is 4.74 Å². The Hall–Kier alpha value is -1.06. The van der Waals surface area contributed by atoms with Crippen molar-refractivity contribution in [2.75, 3.05) is 34.3 Å². The Balaban J connectivity index is 2.38. The van der Waals surface area contributed by atoms with Crippen LogP contribution in [0.15, 0.2) is 24.3 Å². The van der Waals surface area contributed by atoms with Crippen LogP contribution in [0.4, 0.5) is 0 Å². The zero-order chi connectivity index (χ0) is 12.7. The average Bonchev–Trinajstić information content (AvgIpc) is 2.34. The van der Waals surface area contributed by atoms with Crippen LogP contribution in [0.5, 0.6) is 5.75 Å². The number of rotatable bonds is 7. The molecule has 3 heteroatoms. The van der Waals surface area contributed by atoms with E-state index in [1.54, 1.807) is 7.11 Å². The first-order valence-corrected chi connectivity index (χ1v) is 6.15. The molecule has 3 nitrogen and oxygen atoms in total. The summed E-state index contributed by atoms with van der Waals surface area (Å²) in [6, 6.07) is 8.59. The molecule has 0 spiro atoms. The van der Waals surface area contributed by atoms with Crippen molar-refractivity contribution in [3.8, 4) is 5.75 Å². The summed E-state index contributed by atoms with van der Waals surface area (Å²) >= 11 is 0. The molecule has 17 heavy (non-hydrogen) atoms. The number of benzene rings is 1. The van der Waals surface area contributed by atoms with E-state index < -0.39 is 0 Å². The first-order chi connectivity index (χ1) is 8.13. The Morgan fingerprint density at radius 1 is 1.35 bits per heavy atom. The van der Waals surface area contributed by atoms with Crippen molar-refractivity contribution in [1.29, 1.82) is 0 Å². The molecule has 0 bridgehead atoms. The van der Waals surface area contributed by atoms with Gasteiger partial charge in [0, 0.05) is 6.04 Å². The van der Waals surface area contributed by atoms with Gasteiger partial charge in [-0.1, -0.05) is 12.1 Å². The van der Waals surface area contributed by atoms with Crippen molar-refractivity contribution < 1.29 is 4.74 Å². The van der Waals surface area contributed by atoms with Gasteiger partial charge in [0.25, 0.3) is 0 Å². The number of methoxy groups -OCH3 is 1. The summed E-state index contributed by atoms with van der Waals surface area (Å²) in [6.07, 6.45) is 1.17. The Labute approximate surface area is 105 Å². The van der Waals surface area contributed by atoms with Crippen molar-refractivity contribution in [3.63, 3.8) is 0 Å². The molecule has 1 atom stereocenters. The van der Waals surface area contributed by atoms with Crippen LogP contribution in [0.25, 0.3) is 0 Å². The lowest BCUT2D eigenvalue weighted by Gasteiger charge is -2.16. The Bertz CT molecular complexity index is 326. The smallest absolute Gasteiger partial charge is 0.119 e. The summed E-state index contributed by atoms with van der Waals surface area (Å²) in [7, 11) is 5.91. The molecule has 0 radical (unpaired) electrons. The number of hydrogen-bond acceptors (Lipinski definition) is 3. The zero-order valence-electron chi connectivity index (χ0n) is 11.4. The third-order valence-electron chi connectivity index (χ3n) is 2.83. The highest BCUT2D eigenvalue weighted by Gasteiger charge is 2.05. The highest BCUT2D eigenvalue weighted by molar-refractivity contribution is 5.30. The van der Waals surface area contributed by atoms with E-state index in [1.165, 1.54) is 12.0 Å². The van der Waals surface area contributed by atoms with Crippen molar-refractivity contribution in [2.45, 2.75) is 19.4 Å². The van der Waals surface area contributed by atoms with Gasteiger partial charge in [-0.2, -0.15) is 0 Å². The standard InChI is InChI=1S/C14H24N2O/c1-12(15-9-6-10-16(2)3)13-7-5-8-14(11-13)17-4/h5,7-8,11-12,15H,6,9-10H2,1-4H3/t12-/m0/s1. The van der Waals surface area contributed by atoms with Gasteiger partial charge in [-0.05, 0) is 58.2 Å². The Morgan fingerprint density at radius 3 is 2.76 bits per heavy atom. The number of hydrogen-bond donors (Lipinski definition) is 1. The van der Waals surface area contributed by atoms with E-state index in [2.05, 4.69) is 43.4 Å². The molecule has 0 fully saturated rings. The fraction of sp³-hybridized carbons (Fsp3) is 0.571. The average molecular weight is 236 g/mol. The first-order valence-electron chi connectivity index (χ1n) is 6.15. The molecule has 0 aromatic heterocycles. The molecule has 0 aliphatic heterocycles. The van der Waals surface area contributed by atoms with Crippen LogP contribution in [0.1, 0.15) is 24.9 Å². The molecule has 0 heterocycles. The molecule has 1 aromatic rings. The van der Waals surface area contributed by atoms with Crippen LogP contribution in [0.2, 0.25) is 0 Å². The maximum Gasteiger partial charge on any atom is 0.119 e.